The van der Waals surface area contributed by atoms with Gasteiger partial charge in [0.1, 0.15) is 0 Å². The van der Waals surface area contributed by atoms with Crippen LogP contribution in [0, 0.1) is 0 Å². The molecule has 1 aliphatic rings. The van der Waals surface area contributed by atoms with Crippen LogP contribution in [0.4, 0.5) is 0 Å². The summed E-state index contributed by atoms with van der Waals surface area (Å²) in [5, 5.41) is 1.21. The number of benzene rings is 1. The minimum Gasteiger partial charge on any atom is -0.267 e. The Balaban J connectivity index is 2.09. The van der Waals surface area contributed by atoms with Crippen LogP contribution in [0.1, 0.15) is 23.7 Å². The van der Waals surface area contributed by atoms with E-state index in [1.54, 1.807) is 24.3 Å². The second kappa shape index (κ2) is 5.53. The summed E-state index contributed by atoms with van der Waals surface area (Å²) < 4.78 is 0. The number of thioether (sulfide) groups is 1. The molecule has 0 bridgehead atoms. The molecule has 1 aromatic carbocycles. The Morgan fingerprint density at radius 1 is 1.65 bits per heavy atom. The van der Waals surface area contributed by atoms with E-state index in [0.29, 0.717) is 15.8 Å². The fraction of sp³-hybridized carbons (Fsp3) is 0.273. The Hall–Kier alpha value is -1.04. The number of carbonyl (C=O) groups excluding carboxylic acids is 1. The third kappa shape index (κ3) is 3.21. The van der Waals surface area contributed by atoms with Gasteiger partial charge in [0.15, 0.2) is 0 Å². The highest BCUT2D eigenvalue weighted by atomic mass is 35.5. The molecule has 0 aliphatic carbocycles. The zero-order valence-electron chi connectivity index (χ0n) is 9.18. The number of carbonyl (C=O) groups is 1. The van der Waals surface area contributed by atoms with Crippen molar-refractivity contribution in [1.82, 2.24) is 10.9 Å². The maximum Gasteiger partial charge on any atom is 0.279 e. The van der Waals surface area contributed by atoms with Crippen molar-refractivity contribution in [2.75, 3.05) is 0 Å². The molecule has 4 nitrogen and oxygen atoms in total. The highest BCUT2D eigenvalue weighted by molar-refractivity contribution is 8.14. The standard InChI is InChI=1S/C11H11ClN3OS/c1-2-9-14-15-11(17-9)13-10(16)7-4-3-5-8(12)6-7/h3-6,9,14H,2H2,1H3. The van der Waals surface area contributed by atoms with Crippen molar-refractivity contribution in [3.05, 3.63) is 34.9 Å². The first-order chi connectivity index (χ1) is 8.19. The predicted molar refractivity (Wildman–Crippen MR) is 70.2 cm³/mol. The molecule has 0 spiro atoms. The van der Waals surface area contributed by atoms with Crippen LogP contribution in [-0.2, 0) is 0 Å². The largest absolute Gasteiger partial charge is 0.279 e. The van der Waals surface area contributed by atoms with Crippen molar-refractivity contribution < 1.29 is 4.79 Å². The molecular formula is C11H11ClN3OS. The quantitative estimate of drug-likeness (QED) is 0.896. The highest BCUT2D eigenvalue weighted by Crippen LogP contribution is 2.19. The maximum atomic E-state index is 11.8. The third-order valence-electron chi connectivity index (χ3n) is 2.19. The van der Waals surface area contributed by atoms with Gasteiger partial charge in [-0.25, -0.2) is 0 Å². The van der Waals surface area contributed by atoms with Gasteiger partial charge in [0.25, 0.3) is 5.91 Å². The van der Waals surface area contributed by atoms with Crippen LogP contribution in [0.5, 0.6) is 0 Å². The molecule has 1 heterocycles. The molecule has 1 aliphatic heterocycles. The van der Waals surface area contributed by atoms with Crippen LogP contribution in [0.25, 0.3) is 0 Å². The maximum absolute atomic E-state index is 11.8. The molecule has 1 atom stereocenters. The second-order valence-electron chi connectivity index (χ2n) is 3.47. The minimum absolute atomic E-state index is 0.209. The first-order valence-electron chi connectivity index (χ1n) is 5.20. The Morgan fingerprint density at radius 2 is 2.47 bits per heavy atom. The molecule has 0 saturated carbocycles. The van der Waals surface area contributed by atoms with Crippen LogP contribution < -0.4 is 10.9 Å². The van der Waals surface area contributed by atoms with Gasteiger partial charge in [-0.3, -0.25) is 4.79 Å². The van der Waals surface area contributed by atoms with Crippen LogP contribution in [0.15, 0.2) is 29.3 Å². The number of nitrogens with zero attached hydrogens (tertiary/aromatic N) is 2. The third-order valence-corrected chi connectivity index (χ3v) is 3.54. The first-order valence-corrected chi connectivity index (χ1v) is 6.46. The van der Waals surface area contributed by atoms with E-state index in [9.17, 15) is 4.79 Å². The van der Waals surface area contributed by atoms with Gasteiger partial charge in [0.2, 0.25) is 5.17 Å². The van der Waals surface area contributed by atoms with Gasteiger partial charge in [-0.05, 0) is 24.6 Å². The van der Waals surface area contributed by atoms with E-state index in [-0.39, 0.29) is 11.3 Å². The van der Waals surface area contributed by atoms with Crippen LogP contribution in [0.2, 0.25) is 5.02 Å². The predicted octanol–water partition coefficient (Wildman–Crippen LogP) is 2.43. The normalized spacial score (nSPS) is 21.5. The Kier molecular flexibility index (Phi) is 4.04. The lowest BCUT2D eigenvalue weighted by molar-refractivity contribution is 0.100. The number of nitrogens with one attached hydrogen (secondary N) is 1. The lowest BCUT2D eigenvalue weighted by Gasteiger charge is -1.98. The number of hydrogen-bond acceptors (Lipinski definition) is 3. The average molecular weight is 269 g/mol. The molecule has 1 N–H and O–H groups in total. The van der Waals surface area contributed by atoms with Crippen molar-refractivity contribution in [1.29, 1.82) is 0 Å². The van der Waals surface area contributed by atoms with Crippen molar-refractivity contribution >= 4 is 34.4 Å². The van der Waals surface area contributed by atoms with E-state index < -0.39 is 0 Å². The van der Waals surface area contributed by atoms with E-state index in [0.717, 1.165) is 6.42 Å². The minimum atomic E-state index is -0.322. The van der Waals surface area contributed by atoms with Crippen LogP contribution in [-0.4, -0.2) is 16.4 Å². The summed E-state index contributed by atoms with van der Waals surface area (Å²) in [4.78, 5) is 15.7. The van der Waals surface area contributed by atoms with E-state index in [1.807, 2.05) is 6.92 Å². The summed E-state index contributed by atoms with van der Waals surface area (Å²) >= 11 is 7.27. The fourth-order valence-electron chi connectivity index (χ4n) is 1.31. The molecule has 1 aromatic rings. The van der Waals surface area contributed by atoms with Gasteiger partial charge in [-0.2, -0.15) is 15.8 Å². The first kappa shape index (κ1) is 12.4. The molecule has 1 fully saturated rings. The summed E-state index contributed by atoms with van der Waals surface area (Å²) in [6.45, 7) is 2.04. The highest BCUT2D eigenvalue weighted by Gasteiger charge is 2.21. The lowest BCUT2D eigenvalue weighted by Crippen LogP contribution is -2.24. The summed E-state index contributed by atoms with van der Waals surface area (Å²) in [5.74, 6) is -0.322. The van der Waals surface area contributed by atoms with Crippen molar-refractivity contribution in [2.45, 2.75) is 18.7 Å². The number of rotatable bonds is 2. The van der Waals surface area contributed by atoms with Gasteiger partial charge >= 0.3 is 0 Å². The molecule has 17 heavy (non-hydrogen) atoms. The molecule has 6 heteroatoms. The summed E-state index contributed by atoms with van der Waals surface area (Å²) in [6, 6.07) is 6.72. The fourth-order valence-corrected chi connectivity index (χ4v) is 2.26. The monoisotopic (exact) mass is 268 g/mol. The SMILES string of the molecule is CCC1N[N]C(=NC(=O)c2cccc(Cl)c2)S1. The Morgan fingerprint density at radius 3 is 3.12 bits per heavy atom. The van der Waals surface area contributed by atoms with Crippen molar-refractivity contribution in [2.24, 2.45) is 4.99 Å². The molecule has 1 saturated heterocycles. The Bertz CT molecular complexity index is 464. The molecular weight excluding hydrogens is 258 g/mol. The summed E-state index contributed by atoms with van der Waals surface area (Å²) in [7, 11) is 0. The average Bonchev–Trinajstić information content (AvgIpc) is 2.77. The van der Waals surface area contributed by atoms with Gasteiger partial charge in [-0.1, -0.05) is 36.4 Å². The van der Waals surface area contributed by atoms with E-state index in [2.05, 4.69) is 15.8 Å². The molecule has 1 amide bonds. The van der Waals surface area contributed by atoms with Crippen LogP contribution >= 0.6 is 23.4 Å². The number of hydrogen-bond donors (Lipinski definition) is 1. The van der Waals surface area contributed by atoms with Gasteiger partial charge < -0.3 is 0 Å². The van der Waals surface area contributed by atoms with E-state index >= 15 is 0 Å². The molecule has 2 rings (SSSR count). The number of amides is 1. The molecule has 0 aromatic heterocycles. The zero-order valence-corrected chi connectivity index (χ0v) is 10.8. The zero-order chi connectivity index (χ0) is 12.3. The van der Waals surface area contributed by atoms with Crippen LogP contribution in [0.3, 0.4) is 0 Å². The number of aliphatic imine (C=N–C) groups is 1. The Labute approximate surface area is 109 Å². The van der Waals surface area contributed by atoms with E-state index in [4.69, 9.17) is 11.6 Å². The van der Waals surface area contributed by atoms with Gasteiger partial charge in [0.05, 0.1) is 5.37 Å². The topological polar surface area (TPSA) is 55.6 Å². The molecule has 1 unspecified atom stereocenters. The molecule has 1 radical (unpaired) electrons. The number of halogens is 1. The molecule has 89 valence electrons. The van der Waals surface area contributed by atoms with Crippen molar-refractivity contribution in [3.8, 4) is 0 Å². The van der Waals surface area contributed by atoms with Crippen molar-refractivity contribution in [3.63, 3.8) is 0 Å². The smallest absolute Gasteiger partial charge is 0.267 e. The number of amidine groups is 1. The van der Waals surface area contributed by atoms with Gasteiger partial charge in [-0.15, -0.1) is 0 Å². The lowest BCUT2D eigenvalue weighted by atomic mass is 10.2. The van der Waals surface area contributed by atoms with Gasteiger partial charge in [0, 0.05) is 10.6 Å². The van der Waals surface area contributed by atoms with E-state index in [1.165, 1.54) is 11.8 Å². The summed E-state index contributed by atoms with van der Waals surface area (Å²) in [6.07, 6.45) is 0.929. The summed E-state index contributed by atoms with van der Waals surface area (Å²) in [5.41, 5.74) is 7.36. The second-order valence-corrected chi connectivity index (χ2v) is 5.07.